The zero-order valence-electron chi connectivity index (χ0n) is 12.0. The van der Waals surface area contributed by atoms with Crippen molar-refractivity contribution in [1.29, 1.82) is 5.26 Å². The highest BCUT2D eigenvalue weighted by atomic mass is 35.5. The molecular formula is C16H16ClN3O2. The molecule has 2 heterocycles. The first-order chi connectivity index (χ1) is 10.7. The van der Waals surface area contributed by atoms with Crippen LogP contribution in [0, 0.1) is 11.3 Å². The molecule has 114 valence electrons. The van der Waals surface area contributed by atoms with Gasteiger partial charge in [0.05, 0.1) is 23.4 Å². The van der Waals surface area contributed by atoms with Crippen molar-refractivity contribution in [3.63, 3.8) is 0 Å². The summed E-state index contributed by atoms with van der Waals surface area (Å²) >= 11 is 6.13. The van der Waals surface area contributed by atoms with Gasteiger partial charge in [0.1, 0.15) is 17.5 Å². The number of nitrogens with zero attached hydrogens (tertiary/aromatic N) is 2. The normalized spacial score (nSPS) is 17.4. The number of halogens is 1. The number of para-hydroxylation sites is 1. The predicted octanol–water partition coefficient (Wildman–Crippen LogP) is 3.57. The fourth-order valence-electron chi connectivity index (χ4n) is 2.56. The Hall–Kier alpha value is -2.16. The number of anilines is 1. The first kappa shape index (κ1) is 14.8. The molecule has 0 amide bonds. The largest absolute Gasteiger partial charge is 0.437 e. The van der Waals surface area contributed by atoms with E-state index in [4.69, 9.17) is 26.8 Å². The molecule has 3 rings (SSSR count). The molecule has 0 bridgehead atoms. The number of nitrogens with two attached hydrogens (primary N) is 1. The maximum atomic E-state index is 9.30. The van der Waals surface area contributed by atoms with Crippen molar-refractivity contribution >= 4 is 17.3 Å². The molecule has 1 fully saturated rings. The lowest BCUT2D eigenvalue weighted by Crippen LogP contribution is -2.16. The summed E-state index contributed by atoms with van der Waals surface area (Å²) in [6.07, 6.45) is 2.07. The van der Waals surface area contributed by atoms with E-state index in [2.05, 4.69) is 6.07 Å². The maximum Gasteiger partial charge on any atom is 0.224 e. The molecular weight excluding hydrogens is 302 g/mol. The fourth-order valence-corrected chi connectivity index (χ4v) is 2.74. The Morgan fingerprint density at radius 1 is 1.45 bits per heavy atom. The average Bonchev–Trinajstić information content (AvgIpc) is 3.12. The number of aromatic nitrogens is 1. The van der Waals surface area contributed by atoms with Crippen LogP contribution < -0.4 is 10.5 Å². The first-order valence-electron chi connectivity index (χ1n) is 7.12. The highest BCUT2D eigenvalue weighted by Crippen LogP contribution is 2.35. The van der Waals surface area contributed by atoms with Gasteiger partial charge in [0.15, 0.2) is 0 Å². The molecule has 0 unspecified atom stereocenters. The molecule has 1 aliphatic rings. The van der Waals surface area contributed by atoms with Crippen LogP contribution in [-0.4, -0.2) is 17.3 Å². The summed E-state index contributed by atoms with van der Waals surface area (Å²) in [6, 6.07) is 10.9. The Bertz CT molecular complexity index is 715. The van der Waals surface area contributed by atoms with Gasteiger partial charge in [0, 0.05) is 12.7 Å². The van der Waals surface area contributed by atoms with Gasteiger partial charge in [-0.25, -0.2) is 0 Å². The zero-order chi connectivity index (χ0) is 15.5. The van der Waals surface area contributed by atoms with Crippen LogP contribution in [0.5, 0.6) is 11.6 Å². The minimum Gasteiger partial charge on any atom is -0.437 e. The number of hydrogen-bond donors (Lipinski definition) is 1. The van der Waals surface area contributed by atoms with Crippen LogP contribution in [0.25, 0.3) is 0 Å². The molecule has 1 saturated heterocycles. The highest BCUT2D eigenvalue weighted by molar-refractivity contribution is 6.32. The molecule has 1 aliphatic heterocycles. The van der Waals surface area contributed by atoms with Gasteiger partial charge in [-0.05, 0) is 25.0 Å². The minimum absolute atomic E-state index is 0.0764. The van der Waals surface area contributed by atoms with E-state index in [0.717, 1.165) is 19.4 Å². The predicted molar refractivity (Wildman–Crippen MR) is 84.1 cm³/mol. The van der Waals surface area contributed by atoms with E-state index >= 15 is 0 Å². The van der Waals surface area contributed by atoms with Gasteiger partial charge in [0.2, 0.25) is 5.88 Å². The van der Waals surface area contributed by atoms with Crippen LogP contribution in [0.1, 0.15) is 18.5 Å². The summed E-state index contributed by atoms with van der Waals surface area (Å²) in [7, 11) is 0. The second kappa shape index (κ2) is 6.30. The Morgan fingerprint density at radius 3 is 2.95 bits per heavy atom. The SMILES string of the molecule is N#Cc1cc(N)c(Oc2ccccc2Cl)n1C[C@@H]1CCCO1. The van der Waals surface area contributed by atoms with Crippen LogP contribution in [0.4, 0.5) is 5.69 Å². The lowest BCUT2D eigenvalue weighted by atomic mass is 10.2. The van der Waals surface area contributed by atoms with E-state index < -0.39 is 0 Å². The summed E-state index contributed by atoms with van der Waals surface area (Å²) < 4.78 is 13.3. The average molecular weight is 318 g/mol. The summed E-state index contributed by atoms with van der Waals surface area (Å²) in [5.41, 5.74) is 6.87. The molecule has 1 aromatic carbocycles. The minimum atomic E-state index is 0.0764. The fraction of sp³-hybridized carbons (Fsp3) is 0.312. The summed E-state index contributed by atoms with van der Waals surface area (Å²) in [5.74, 6) is 0.937. The van der Waals surface area contributed by atoms with Crippen LogP contribution in [0.2, 0.25) is 5.02 Å². The summed E-state index contributed by atoms with van der Waals surface area (Å²) in [6.45, 7) is 1.30. The van der Waals surface area contributed by atoms with Crippen molar-refractivity contribution in [1.82, 2.24) is 4.57 Å². The maximum absolute atomic E-state index is 9.30. The lowest BCUT2D eigenvalue weighted by molar-refractivity contribution is 0.0952. The monoisotopic (exact) mass is 317 g/mol. The topological polar surface area (TPSA) is 73.2 Å². The molecule has 0 spiro atoms. The second-order valence-electron chi connectivity index (χ2n) is 5.18. The second-order valence-corrected chi connectivity index (χ2v) is 5.59. The Kier molecular flexibility index (Phi) is 4.23. The van der Waals surface area contributed by atoms with Crippen LogP contribution in [-0.2, 0) is 11.3 Å². The molecule has 2 N–H and O–H groups in total. The Labute approximate surface area is 133 Å². The molecule has 2 aromatic rings. The van der Waals surface area contributed by atoms with Gasteiger partial charge in [0.25, 0.3) is 0 Å². The van der Waals surface area contributed by atoms with Gasteiger partial charge < -0.3 is 15.2 Å². The number of rotatable bonds is 4. The van der Waals surface area contributed by atoms with Crippen LogP contribution in [0.3, 0.4) is 0 Å². The van der Waals surface area contributed by atoms with Crippen LogP contribution in [0.15, 0.2) is 30.3 Å². The van der Waals surface area contributed by atoms with Gasteiger partial charge in [-0.2, -0.15) is 5.26 Å². The van der Waals surface area contributed by atoms with Crippen molar-refractivity contribution in [2.24, 2.45) is 0 Å². The van der Waals surface area contributed by atoms with Crippen molar-refractivity contribution in [2.75, 3.05) is 12.3 Å². The number of benzene rings is 1. The Morgan fingerprint density at radius 2 is 2.27 bits per heavy atom. The van der Waals surface area contributed by atoms with E-state index in [9.17, 15) is 5.26 Å². The third-order valence-electron chi connectivity index (χ3n) is 3.64. The number of hydrogen-bond acceptors (Lipinski definition) is 4. The van der Waals surface area contributed by atoms with Gasteiger partial charge in [-0.15, -0.1) is 0 Å². The molecule has 0 aliphatic carbocycles. The third kappa shape index (κ3) is 2.89. The van der Waals surface area contributed by atoms with E-state index in [-0.39, 0.29) is 6.10 Å². The quantitative estimate of drug-likeness (QED) is 0.935. The number of nitriles is 1. The van der Waals surface area contributed by atoms with Crippen molar-refractivity contribution in [2.45, 2.75) is 25.5 Å². The highest BCUT2D eigenvalue weighted by Gasteiger charge is 2.22. The molecule has 0 radical (unpaired) electrons. The Balaban J connectivity index is 1.94. The third-order valence-corrected chi connectivity index (χ3v) is 3.96. The summed E-state index contributed by atoms with van der Waals surface area (Å²) in [5, 5.41) is 9.79. The van der Waals surface area contributed by atoms with E-state index in [0.29, 0.717) is 34.6 Å². The lowest BCUT2D eigenvalue weighted by Gasteiger charge is -2.16. The first-order valence-corrected chi connectivity index (χ1v) is 7.50. The van der Waals surface area contributed by atoms with Crippen molar-refractivity contribution in [3.8, 4) is 17.7 Å². The molecule has 1 atom stereocenters. The smallest absolute Gasteiger partial charge is 0.224 e. The standard InChI is InChI=1S/C16H16ClN3O2/c17-13-5-1-2-6-15(13)22-16-14(19)8-11(9-18)20(16)10-12-4-3-7-21-12/h1-2,5-6,8,12H,3-4,7,10,19H2/t12-/m0/s1. The summed E-state index contributed by atoms with van der Waals surface area (Å²) in [4.78, 5) is 0. The van der Waals surface area contributed by atoms with E-state index in [1.807, 2.05) is 12.1 Å². The number of ether oxygens (including phenoxy) is 2. The number of nitrogen functional groups attached to an aromatic ring is 1. The van der Waals surface area contributed by atoms with Crippen molar-refractivity contribution in [3.05, 3.63) is 41.0 Å². The van der Waals surface area contributed by atoms with Gasteiger partial charge >= 0.3 is 0 Å². The van der Waals surface area contributed by atoms with Crippen LogP contribution >= 0.6 is 11.6 Å². The molecule has 22 heavy (non-hydrogen) atoms. The van der Waals surface area contributed by atoms with Crippen molar-refractivity contribution < 1.29 is 9.47 Å². The van der Waals surface area contributed by atoms with Gasteiger partial charge in [-0.3, -0.25) is 4.57 Å². The van der Waals surface area contributed by atoms with E-state index in [1.54, 1.807) is 22.8 Å². The zero-order valence-corrected chi connectivity index (χ0v) is 12.7. The molecule has 1 aromatic heterocycles. The van der Waals surface area contributed by atoms with E-state index in [1.165, 1.54) is 0 Å². The molecule has 0 saturated carbocycles. The molecule has 6 heteroatoms. The molecule has 5 nitrogen and oxygen atoms in total. The van der Waals surface area contributed by atoms with Gasteiger partial charge in [-0.1, -0.05) is 23.7 Å².